The Balaban J connectivity index is 2.33. The molecule has 0 radical (unpaired) electrons. The minimum Gasteiger partial charge on any atom is -0.483 e. The van der Waals surface area contributed by atoms with E-state index in [1.807, 2.05) is 30.3 Å². The van der Waals surface area contributed by atoms with Gasteiger partial charge in [-0.05, 0) is 5.56 Å². The van der Waals surface area contributed by atoms with Crippen molar-refractivity contribution in [2.24, 2.45) is 0 Å². The van der Waals surface area contributed by atoms with Gasteiger partial charge in [0.2, 0.25) is 5.43 Å². The first-order chi connectivity index (χ1) is 9.63. The van der Waals surface area contributed by atoms with E-state index in [4.69, 9.17) is 10.6 Å². The number of Topliss-reactive ketones (excluding diaryl/α,β-unsaturated/α-hetero) is 1. The number of nitrogen functional groups attached to an aromatic ring is 1. The van der Waals surface area contributed by atoms with Gasteiger partial charge in [0.05, 0.1) is 0 Å². The van der Waals surface area contributed by atoms with Gasteiger partial charge >= 0.3 is 0 Å². The second-order valence-corrected chi connectivity index (χ2v) is 4.32. The highest BCUT2D eigenvalue weighted by molar-refractivity contribution is 5.96. The summed E-state index contributed by atoms with van der Waals surface area (Å²) in [5.41, 5.74) is 0.671. The van der Waals surface area contributed by atoms with Crippen LogP contribution in [-0.2, 0) is 6.61 Å². The van der Waals surface area contributed by atoms with Crippen molar-refractivity contribution in [3.8, 4) is 5.75 Å². The van der Waals surface area contributed by atoms with Gasteiger partial charge in [-0.3, -0.25) is 14.3 Å². The van der Waals surface area contributed by atoms with Gasteiger partial charge in [0.1, 0.15) is 6.61 Å². The molecule has 0 saturated heterocycles. The van der Waals surface area contributed by atoms with Crippen LogP contribution >= 0.6 is 0 Å². The van der Waals surface area contributed by atoms with E-state index in [9.17, 15) is 9.59 Å². The van der Waals surface area contributed by atoms with Crippen molar-refractivity contribution in [2.45, 2.75) is 20.0 Å². The zero-order valence-electron chi connectivity index (χ0n) is 11.2. The minimum absolute atomic E-state index is 0.00528. The Morgan fingerprint density at radius 2 is 1.95 bits per heavy atom. The monoisotopic (exact) mass is 272 g/mol. The van der Waals surface area contributed by atoms with Gasteiger partial charge in [-0.2, -0.15) is 0 Å². The average Bonchev–Trinajstić information content (AvgIpc) is 2.48. The highest BCUT2D eigenvalue weighted by Crippen LogP contribution is 2.15. The lowest BCUT2D eigenvalue weighted by Crippen LogP contribution is -2.24. The first-order valence-corrected chi connectivity index (χ1v) is 6.34. The van der Waals surface area contributed by atoms with E-state index in [0.717, 1.165) is 10.2 Å². The number of aromatic nitrogens is 1. The van der Waals surface area contributed by atoms with E-state index in [2.05, 4.69) is 0 Å². The van der Waals surface area contributed by atoms with Gasteiger partial charge in [0.25, 0.3) is 0 Å². The van der Waals surface area contributed by atoms with Crippen LogP contribution in [0.25, 0.3) is 0 Å². The van der Waals surface area contributed by atoms with E-state index in [0.29, 0.717) is 0 Å². The standard InChI is InChI=1S/C15H16N2O3/c1-2-12(18)14-15(13(19)8-9-17(14)16)20-10-11-6-4-3-5-7-11/h3-9H,2,10,16H2,1H3. The van der Waals surface area contributed by atoms with Crippen LogP contribution in [0.15, 0.2) is 47.4 Å². The molecule has 0 bridgehead atoms. The molecule has 1 aromatic heterocycles. The number of hydrogen-bond donors (Lipinski definition) is 1. The summed E-state index contributed by atoms with van der Waals surface area (Å²) < 4.78 is 6.66. The van der Waals surface area contributed by atoms with Crippen LogP contribution in [0, 0.1) is 0 Å². The Kier molecular flexibility index (Phi) is 4.20. The first-order valence-electron chi connectivity index (χ1n) is 6.34. The van der Waals surface area contributed by atoms with Crippen molar-refractivity contribution < 1.29 is 9.53 Å². The Morgan fingerprint density at radius 1 is 1.25 bits per heavy atom. The number of carbonyl (C=O) groups excluding carboxylic acids is 1. The SMILES string of the molecule is CCC(=O)c1c(OCc2ccccc2)c(=O)ccn1N. The number of rotatable bonds is 5. The van der Waals surface area contributed by atoms with E-state index >= 15 is 0 Å². The molecule has 2 N–H and O–H groups in total. The Bertz CT molecular complexity index is 663. The molecule has 5 nitrogen and oxygen atoms in total. The summed E-state index contributed by atoms with van der Waals surface area (Å²) in [5.74, 6) is 5.49. The Labute approximate surface area is 116 Å². The summed E-state index contributed by atoms with van der Waals surface area (Å²) in [7, 11) is 0. The van der Waals surface area contributed by atoms with Crippen LogP contribution in [0.2, 0.25) is 0 Å². The van der Waals surface area contributed by atoms with Crippen molar-refractivity contribution in [3.63, 3.8) is 0 Å². The topological polar surface area (TPSA) is 74.3 Å². The molecule has 0 aliphatic rings. The number of carbonyl (C=O) groups is 1. The maximum Gasteiger partial charge on any atom is 0.224 e. The highest BCUT2D eigenvalue weighted by atomic mass is 16.5. The van der Waals surface area contributed by atoms with Gasteiger partial charge in [-0.15, -0.1) is 0 Å². The van der Waals surface area contributed by atoms with Crippen LogP contribution in [-0.4, -0.2) is 10.5 Å². The van der Waals surface area contributed by atoms with Crippen LogP contribution in [0.3, 0.4) is 0 Å². The van der Waals surface area contributed by atoms with Gasteiger partial charge in [-0.25, -0.2) is 0 Å². The maximum atomic E-state index is 11.9. The largest absolute Gasteiger partial charge is 0.483 e. The first kappa shape index (κ1) is 13.9. The van der Waals surface area contributed by atoms with Crippen molar-refractivity contribution in [2.75, 3.05) is 5.84 Å². The molecule has 1 aromatic carbocycles. The van der Waals surface area contributed by atoms with Gasteiger partial charge in [-0.1, -0.05) is 37.3 Å². The lowest BCUT2D eigenvalue weighted by atomic mass is 10.2. The predicted molar refractivity (Wildman–Crippen MR) is 76.2 cm³/mol. The maximum absolute atomic E-state index is 11.9. The summed E-state index contributed by atoms with van der Waals surface area (Å²) in [6.07, 6.45) is 1.61. The molecule has 1 heterocycles. The van der Waals surface area contributed by atoms with E-state index in [1.165, 1.54) is 12.3 Å². The summed E-state index contributed by atoms with van der Waals surface area (Å²) >= 11 is 0. The summed E-state index contributed by atoms with van der Waals surface area (Å²) in [5, 5.41) is 0. The molecule has 0 aliphatic heterocycles. The smallest absolute Gasteiger partial charge is 0.224 e. The molecule has 0 fully saturated rings. The van der Waals surface area contributed by atoms with Gasteiger partial charge in [0.15, 0.2) is 17.2 Å². The fourth-order valence-corrected chi connectivity index (χ4v) is 1.84. The van der Waals surface area contributed by atoms with E-state index in [1.54, 1.807) is 6.92 Å². The van der Waals surface area contributed by atoms with E-state index in [-0.39, 0.29) is 35.7 Å². The zero-order chi connectivity index (χ0) is 14.5. The highest BCUT2D eigenvalue weighted by Gasteiger charge is 2.17. The second-order valence-electron chi connectivity index (χ2n) is 4.32. The lowest BCUT2D eigenvalue weighted by molar-refractivity contribution is 0.0974. The van der Waals surface area contributed by atoms with Crippen LogP contribution in [0.1, 0.15) is 29.4 Å². The normalized spacial score (nSPS) is 10.2. The van der Waals surface area contributed by atoms with Crippen LogP contribution in [0.4, 0.5) is 0 Å². The van der Waals surface area contributed by atoms with Crippen molar-refractivity contribution in [3.05, 3.63) is 64.1 Å². The summed E-state index contributed by atoms with van der Waals surface area (Å²) in [6, 6.07) is 10.7. The minimum atomic E-state index is -0.348. The third kappa shape index (κ3) is 2.88. The molecule has 5 heteroatoms. The van der Waals surface area contributed by atoms with Crippen molar-refractivity contribution in [1.82, 2.24) is 4.68 Å². The van der Waals surface area contributed by atoms with Crippen LogP contribution in [0.5, 0.6) is 5.75 Å². The molecule has 0 spiro atoms. The molecule has 0 atom stereocenters. The molecule has 2 rings (SSSR count). The zero-order valence-corrected chi connectivity index (χ0v) is 11.2. The molecule has 0 saturated carbocycles. The molecule has 0 unspecified atom stereocenters. The number of nitrogens with zero attached hydrogens (tertiary/aromatic N) is 1. The van der Waals surface area contributed by atoms with Crippen molar-refractivity contribution >= 4 is 5.78 Å². The Morgan fingerprint density at radius 3 is 2.60 bits per heavy atom. The molecular formula is C15H16N2O3. The average molecular weight is 272 g/mol. The summed E-state index contributed by atoms with van der Waals surface area (Å²) in [6.45, 7) is 1.92. The number of benzene rings is 1. The van der Waals surface area contributed by atoms with E-state index < -0.39 is 0 Å². The van der Waals surface area contributed by atoms with Crippen molar-refractivity contribution in [1.29, 1.82) is 0 Å². The number of hydrogen-bond acceptors (Lipinski definition) is 4. The second kappa shape index (κ2) is 6.06. The fraction of sp³-hybridized carbons (Fsp3) is 0.200. The molecule has 104 valence electrons. The quantitative estimate of drug-likeness (QED) is 0.664. The third-order valence-corrected chi connectivity index (χ3v) is 2.89. The number of ketones is 1. The Hall–Kier alpha value is -2.56. The molecule has 2 aromatic rings. The third-order valence-electron chi connectivity index (χ3n) is 2.89. The predicted octanol–water partition coefficient (Wildman–Crippen LogP) is 1.73. The van der Waals surface area contributed by atoms with Gasteiger partial charge in [0, 0.05) is 18.7 Å². The molecular weight excluding hydrogens is 256 g/mol. The molecule has 0 aliphatic carbocycles. The van der Waals surface area contributed by atoms with Crippen LogP contribution < -0.4 is 16.0 Å². The lowest BCUT2D eigenvalue weighted by Gasteiger charge is -2.12. The number of nitrogens with two attached hydrogens (primary N) is 1. The summed E-state index contributed by atoms with van der Waals surface area (Å²) in [4.78, 5) is 23.8. The fourth-order valence-electron chi connectivity index (χ4n) is 1.84. The molecule has 0 amide bonds. The molecule has 20 heavy (non-hydrogen) atoms. The number of ether oxygens (including phenoxy) is 1. The number of pyridine rings is 1. The van der Waals surface area contributed by atoms with Gasteiger partial charge < -0.3 is 10.6 Å².